The lowest BCUT2D eigenvalue weighted by Gasteiger charge is -2.36. The molecule has 3 rings (SSSR count). The van der Waals surface area contributed by atoms with Gasteiger partial charge in [-0.25, -0.2) is 4.39 Å². The molecule has 0 aromatic carbocycles. The van der Waals surface area contributed by atoms with E-state index in [0.29, 0.717) is 39.1 Å². The Labute approximate surface area is 119 Å². The van der Waals surface area contributed by atoms with Gasteiger partial charge in [0.15, 0.2) is 5.67 Å². The molecular weight excluding hydrogens is 263 g/mol. The predicted molar refractivity (Wildman–Crippen MR) is 71.2 cm³/mol. The van der Waals surface area contributed by atoms with Crippen LogP contribution < -0.4 is 0 Å². The van der Waals surface area contributed by atoms with Gasteiger partial charge < -0.3 is 14.4 Å². The van der Waals surface area contributed by atoms with E-state index in [1.807, 2.05) is 0 Å². The highest BCUT2D eigenvalue weighted by Crippen LogP contribution is 2.38. The lowest BCUT2D eigenvalue weighted by Crippen LogP contribution is -2.52. The zero-order valence-corrected chi connectivity index (χ0v) is 12.0. The zero-order chi connectivity index (χ0) is 14.2. The monoisotopic (exact) mass is 286 g/mol. The van der Waals surface area contributed by atoms with Crippen molar-refractivity contribution in [3.63, 3.8) is 0 Å². The number of halogens is 1. The maximum atomic E-state index is 14.3. The number of methoxy groups -OCH3 is 1. The molecule has 1 amide bonds. The Bertz CT molecular complexity index is 375. The first-order valence-corrected chi connectivity index (χ1v) is 7.47. The third kappa shape index (κ3) is 2.44. The van der Waals surface area contributed by atoms with Gasteiger partial charge in [-0.05, 0) is 19.3 Å². The van der Waals surface area contributed by atoms with Crippen molar-refractivity contribution in [3.8, 4) is 0 Å². The number of alkyl halides is 1. The number of ether oxygens (including phenoxy) is 2. The van der Waals surface area contributed by atoms with Gasteiger partial charge in [-0.2, -0.15) is 0 Å². The third-order valence-electron chi connectivity index (χ3n) is 4.82. The van der Waals surface area contributed by atoms with E-state index in [-0.39, 0.29) is 18.1 Å². The van der Waals surface area contributed by atoms with Crippen molar-refractivity contribution >= 4 is 5.91 Å². The second-order valence-corrected chi connectivity index (χ2v) is 6.03. The normalized spacial score (nSPS) is 32.8. The van der Waals surface area contributed by atoms with Gasteiger partial charge in [-0.15, -0.1) is 0 Å². The summed E-state index contributed by atoms with van der Waals surface area (Å²) < 4.78 is 25.1. The molecule has 1 saturated carbocycles. The molecule has 114 valence electrons. The minimum absolute atomic E-state index is 0.0215. The van der Waals surface area contributed by atoms with Crippen LogP contribution in [0.2, 0.25) is 0 Å². The van der Waals surface area contributed by atoms with E-state index < -0.39 is 5.67 Å². The number of likely N-dealkylation sites (tertiary alicyclic amines) is 1. The molecule has 0 N–H and O–H groups in total. The van der Waals surface area contributed by atoms with E-state index in [4.69, 9.17) is 9.47 Å². The molecular formula is C14H23FN2O3. The molecule has 20 heavy (non-hydrogen) atoms. The van der Waals surface area contributed by atoms with Crippen LogP contribution >= 0.6 is 0 Å². The molecule has 2 heterocycles. The highest BCUT2D eigenvalue weighted by atomic mass is 19.1. The van der Waals surface area contributed by atoms with Crippen molar-refractivity contribution in [2.45, 2.75) is 37.1 Å². The summed E-state index contributed by atoms with van der Waals surface area (Å²) in [6.45, 7) is 4.15. The fraction of sp³-hybridized carbons (Fsp3) is 0.929. The lowest BCUT2D eigenvalue weighted by molar-refractivity contribution is -0.149. The molecule has 5 nitrogen and oxygen atoms in total. The largest absolute Gasteiger partial charge is 0.383 e. The Hall–Kier alpha value is -0.720. The Morgan fingerprint density at radius 1 is 1.45 bits per heavy atom. The van der Waals surface area contributed by atoms with Crippen LogP contribution in [0, 0.1) is 0 Å². The van der Waals surface area contributed by atoms with Crippen LogP contribution in [-0.2, 0) is 14.3 Å². The number of morpholine rings is 1. The minimum Gasteiger partial charge on any atom is -0.383 e. The molecule has 0 radical (unpaired) electrons. The van der Waals surface area contributed by atoms with E-state index >= 15 is 0 Å². The maximum absolute atomic E-state index is 14.3. The smallest absolute Gasteiger partial charge is 0.260 e. The molecule has 3 aliphatic rings. The molecule has 0 bridgehead atoms. The fourth-order valence-corrected chi connectivity index (χ4v) is 3.39. The molecule has 3 fully saturated rings. The zero-order valence-electron chi connectivity index (χ0n) is 12.0. The SMILES string of the molecule is COCCN1CCO[C@H]2CN(C(=O)C3(F)CCC3)C[C@H]21. The van der Waals surface area contributed by atoms with E-state index in [1.54, 1.807) is 12.0 Å². The summed E-state index contributed by atoms with van der Waals surface area (Å²) in [5.74, 6) is -0.326. The lowest BCUT2D eigenvalue weighted by atomic mass is 9.81. The van der Waals surface area contributed by atoms with Gasteiger partial charge in [0.1, 0.15) is 0 Å². The van der Waals surface area contributed by atoms with E-state index in [2.05, 4.69) is 4.90 Å². The van der Waals surface area contributed by atoms with Crippen LogP contribution in [0.3, 0.4) is 0 Å². The summed E-state index contributed by atoms with van der Waals surface area (Å²) in [7, 11) is 1.69. The van der Waals surface area contributed by atoms with Crippen LogP contribution in [0.15, 0.2) is 0 Å². The van der Waals surface area contributed by atoms with Crippen molar-refractivity contribution in [2.24, 2.45) is 0 Å². The van der Waals surface area contributed by atoms with E-state index in [9.17, 15) is 9.18 Å². The first kappa shape index (κ1) is 14.2. The number of carbonyl (C=O) groups excluding carboxylic acids is 1. The van der Waals surface area contributed by atoms with Crippen molar-refractivity contribution in [1.82, 2.24) is 9.80 Å². The average molecular weight is 286 g/mol. The molecule has 6 heteroatoms. The van der Waals surface area contributed by atoms with Crippen LogP contribution in [0.4, 0.5) is 4.39 Å². The first-order valence-electron chi connectivity index (χ1n) is 7.47. The van der Waals surface area contributed by atoms with Gasteiger partial charge >= 0.3 is 0 Å². The second-order valence-electron chi connectivity index (χ2n) is 6.03. The average Bonchev–Trinajstić information content (AvgIpc) is 2.86. The van der Waals surface area contributed by atoms with Crippen LogP contribution in [0.1, 0.15) is 19.3 Å². The predicted octanol–water partition coefficient (Wildman–Crippen LogP) is 0.437. The number of carbonyl (C=O) groups is 1. The number of amides is 1. The van der Waals surface area contributed by atoms with Crippen LogP contribution in [0.5, 0.6) is 0 Å². The molecule has 0 spiro atoms. The molecule has 2 saturated heterocycles. The van der Waals surface area contributed by atoms with Crippen molar-refractivity contribution in [3.05, 3.63) is 0 Å². The molecule has 1 aliphatic carbocycles. The molecule has 0 aromatic rings. The Morgan fingerprint density at radius 2 is 2.25 bits per heavy atom. The molecule has 2 aliphatic heterocycles. The highest BCUT2D eigenvalue weighted by molar-refractivity contribution is 5.86. The Balaban J connectivity index is 1.63. The number of nitrogens with zero attached hydrogens (tertiary/aromatic N) is 2. The summed E-state index contributed by atoms with van der Waals surface area (Å²) in [4.78, 5) is 16.2. The number of fused-ring (bicyclic) bond motifs is 1. The summed E-state index contributed by atoms with van der Waals surface area (Å²) in [5.41, 5.74) is -1.59. The number of hydrogen-bond donors (Lipinski definition) is 0. The van der Waals surface area contributed by atoms with Gasteiger partial charge in [-0.3, -0.25) is 9.69 Å². The number of rotatable bonds is 4. The van der Waals surface area contributed by atoms with Crippen LogP contribution in [0.25, 0.3) is 0 Å². The maximum Gasteiger partial charge on any atom is 0.260 e. The third-order valence-corrected chi connectivity index (χ3v) is 4.82. The summed E-state index contributed by atoms with van der Waals surface area (Å²) in [6, 6.07) is 0.187. The Kier molecular flexibility index (Phi) is 3.97. The fourth-order valence-electron chi connectivity index (χ4n) is 3.39. The Morgan fingerprint density at radius 3 is 2.90 bits per heavy atom. The van der Waals surface area contributed by atoms with E-state index in [0.717, 1.165) is 19.5 Å². The minimum atomic E-state index is -1.59. The van der Waals surface area contributed by atoms with Crippen LogP contribution in [-0.4, -0.2) is 80.0 Å². The van der Waals surface area contributed by atoms with Crippen molar-refractivity contribution in [2.75, 3.05) is 46.5 Å². The van der Waals surface area contributed by atoms with Gasteiger partial charge in [0.25, 0.3) is 5.91 Å². The van der Waals surface area contributed by atoms with Crippen molar-refractivity contribution in [1.29, 1.82) is 0 Å². The topological polar surface area (TPSA) is 42.0 Å². The first-order chi connectivity index (χ1) is 9.64. The summed E-state index contributed by atoms with van der Waals surface area (Å²) >= 11 is 0. The molecule has 0 aromatic heterocycles. The quantitative estimate of drug-likeness (QED) is 0.752. The highest BCUT2D eigenvalue weighted by Gasteiger charge is 2.51. The number of hydrogen-bond acceptors (Lipinski definition) is 4. The van der Waals surface area contributed by atoms with Gasteiger partial charge in [-0.1, -0.05) is 0 Å². The second kappa shape index (κ2) is 5.58. The summed E-state index contributed by atoms with van der Waals surface area (Å²) in [5, 5.41) is 0. The molecule has 2 atom stereocenters. The van der Waals surface area contributed by atoms with E-state index in [1.165, 1.54) is 0 Å². The standard InChI is InChI=1S/C14H23FN2O3/c1-19-7-5-16-6-8-20-12-10-17(9-11(12)16)13(18)14(15)3-2-4-14/h11-12H,2-10H2,1H3/t11-,12+/m1/s1. The molecule has 0 unspecified atom stereocenters. The van der Waals surface area contributed by atoms with Crippen molar-refractivity contribution < 1.29 is 18.7 Å². The van der Waals surface area contributed by atoms with Gasteiger partial charge in [0.05, 0.1) is 25.4 Å². The summed E-state index contributed by atoms with van der Waals surface area (Å²) in [6.07, 6.45) is 1.60. The van der Waals surface area contributed by atoms with Gasteiger partial charge in [0.2, 0.25) is 0 Å². The van der Waals surface area contributed by atoms with Gasteiger partial charge in [0, 0.05) is 33.3 Å².